The molecule has 0 bridgehead atoms. The van der Waals surface area contributed by atoms with Gasteiger partial charge in [-0.3, -0.25) is 10.1 Å². The fraction of sp³-hybridized carbons (Fsp3) is 0.524. The van der Waals surface area contributed by atoms with Crippen LogP contribution in [-0.2, 0) is 11.2 Å². The highest BCUT2D eigenvalue weighted by molar-refractivity contribution is 5.85. The number of aromatic nitrogens is 1. The minimum Gasteiger partial charge on any atom is -0.444 e. The van der Waals surface area contributed by atoms with E-state index in [1.54, 1.807) is 20.8 Å². The van der Waals surface area contributed by atoms with E-state index in [4.69, 9.17) is 4.74 Å². The zero-order chi connectivity index (χ0) is 21.5. The topological polar surface area (TPSA) is 94.4 Å². The first-order valence-corrected chi connectivity index (χ1v) is 9.51. The van der Waals surface area contributed by atoms with Crippen LogP contribution >= 0.6 is 0 Å². The molecule has 0 fully saturated rings. The van der Waals surface area contributed by atoms with Gasteiger partial charge in [0, 0.05) is 16.5 Å². The first kappa shape index (κ1) is 23.3. The van der Waals surface area contributed by atoms with E-state index in [-0.39, 0.29) is 5.69 Å². The Kier molecular flexibility index (Phi) is 7.90. The average Bonchev–Trinajstić information content (AvgIpc) is 2.58. The number of alkyl carbamates (subject to hydrolysis) is 1. The molecule has 1 aromatic carbocycles. The number of rotatable bonds is 5. The van der Waals surface area contributed by atoms with Crippen molar-refractivity contribution in [2.75, 3.05) is 0 Å². The van der Waals surface area contributed by atoms with Crippen LogP contribution in [0.3, 0.4) is 0 Å². The Hall–Kier alpha value is -2.70. The molecular weight excluding hydrogens is 358 g/mol. The Morgan fingerprint density at radius 3 is 2.36 bits per heavy atom. The first-order chi connectivity index (χ1) is 13.0. The largest absolute Gasteiger partial charge is 0.444 e. The molecule has 0 aliphatic carbocycles. The highest BCUT2D eigenvalue weighted by Crippen LogP contribution is 2.29. The molecular formula is C21H31N3O4. The number of fused-ring (bicyclic) bond motifs is 1. The predicted octanol–water partition coefficient (Wildman–Crippen LogP) is 5.41. The number of carbonyl (C=O) groups is 1. The van der Waals surface area contributed by atoms with Gasteiger partial charge in [-0.15, -0.1) is 0 Å². The van der Waals surface area contributed by atoms with Gasteiger partial charge in [0.1, 0.15) is 11.8 Å². The van der Waals surface area contributed by atoms with Gasteiger partial charge in [-0.1, -0.05) is 32.0 Å². The molecule has 28 heavy (non-hydrogen) atoms. The minimum atomic E-state index is -0.583. The van der Waals surface area contributed by atoms with Gasteiger partial charge in [0.15, 0.2) is 0 Å². The number of nitrogens with one attached hydrogen (secondary N) is 1. The number of pyridine rings is 1. The van der Waals surface area contributed by atoms with Gasteiger partial charge >= 0.3 is 6.09 Å². The van der Waals surface area contributed by atoms with Crippen molar-refractivity contribution in [2.45, 2.75) is 72.4 Å². The van der Waals surface area contributed by atoms with Gasteiger partial charge in [-0.05, 0) is 53.5 Å². The summed E-state index contributed by atoms with van der Waals surface area (Å²) < 4.78 is 5.29. The third-order valence-corrected chi connectivity index (χ3v) is 3.90. The van der Waals surface area contributed by atoms with Gasteiger partial charge in [-0.25, -0.2) is 9.78 Å². The Morgan fingerprint density at radius 1 is 1.18 bits per heavy atom. The van der Waals surface area contributed by atoms with Crippen LogP contribution in [0.4, 0.5) is 10.5 Å². The lowest BCUT2D eigenvalue weighted by Crippen LogP contribution is -2.46. The molecule has 7 nitrogen and oxygen atoms in total. The highest BCUT2D eigenvalue weighted by Gasteiger charge is 2.26. The second-order valence-corrected chi connectivity index (χ2v) is 7.91. The summed E-state index contributed by atoms with van der Waals surface area (Å²) in [6.07, 6.45) is 1.74. The smallest absolute Gasteiger partial charge is 0.408 e. The predicted molar refractivity (Wildman–Crippen MR) is 112 cm³/mol. The fourth-order valence-corrected chi connectivity index (χ4v) is 2.69. The van der Waals surface area contributed by atoms with Crippen molar-refractivity contribution in [3.63, 3.8) is 0 Å². The molecule has 0 spiro atoms. The number of nitrogens with zero attached hydrogens (tertiary/aromatic N) is 2. The molecule has 2 aromatic rings. The highest BCUT2D eigenvalue weighted by atomic mass is 16.6. The lowest BCUT2D eigenvalue weighted by Gasteiger charge is -2.28. The number of ether oxygens (including phenoxy) is 1. The van der Waals surface area contributed by atoms with Crippen molar-refractivity contribution < 1.29 is 14.5 Å². The molecule has 0 radical (unpaired) electrons. The van der Waals surface area contributed by atoms with Crippen LogP contribution in [0.5, 0.6) is 0 Å². The zero-order valence-electron chi connectivity index (χ0n) is 17.8. The molecule has 1 heterocycles. The van der Waals surface area contributed by atoms with E-state index in [1.807, 2.05) is 52.0 Å². The van der Waals surface area contributed by atoms with Crippen molar-refractivity contribution in [3.8, 4) is 0 Å². The van der Waals surface area contributed by atoms with Crippen LogP contribution in [-0.4, -0.2) is 27.1 Å². The third-order valence-electron chi connectivity index (χ3n) is 3.90. The first-order valence-electron chi connectivity index (χ1n) is 9.51. The van der Waals surface area contributed by atoms with Crippen LogP contribution in [0.15, 0.2) is 30.5 Å². The monoisotopic (exact) mass is 389 g/mol. The van der Waals surface area contributed by atoms with Crippen molar-refractivity contribution in [2.24, 2.45) is 0 Å². The van der Waals surface area contributed by atoms with E-state index < -0.39 is 22.2 Å². The number of para-hydroxylation sites is 1. The van der Waals surface area contributed by atoms with Crippen molar-refractivity contribution in [1.82, 2.24) is 10.3 Å². The normalized spacial score (nSPS) is 11.4. The number of amides is 1. The summed E-state index contributed by atoms with van der Waals surface area (Å²) in [6.45, 7) is 13.1. The summed E-state index contributed by atoms with van der Waals surface area (Å²) in [5, 5.41) is 15.0. The Labute approximate surface area is 166 Å². The zero-order valence-corrected chi connectivity index (χ0v) is 17.8. The number of benzene rings is 1. The van der Waals surface area contributed by atoms with Gasteiger partial charge in [0.05, 0.1) is 10.4 Å². The molecule has 1 N–H and O–H groups in total. The molecule has 0 saturated heterocycles. The van der Waals surface area contributed by atoms with Gasteiger partial charge in [0.25, 0.3) is 5.69 Å². The van der Waals surface area contributed by atoms with E-state index in [1.165, 1.54) is 6.20 Å². The minimum absolute atomic E-state index is 0.00299. The van der Waals surface area contributed by atoms with Gasteiger partial charge in [0.2, 0.25) is 0 Å². The number of aryl methyl sites for hydroxylation is 1. The molecule has 0 saturated carbocycles. The Morgan fingerprint density at radius 2 is 1.79 bits per heavy atom. The molecule has 0 unspecified atom stereocenters. The van der Waals surface area contributed by atoms with E-state index in [0.717, 1.165) is 5.39 Å². The number of carbonyl (C=O) groups excluding carboxylic acids is 1. The lowest BCUT2D eigenvalue weighted by molar-refractivity contribution is -0.385. The van der Waals surface area contributed by atoms with Crippen molar-refractivity contribution in [1.29, 1.82) is 0 Å². The molecule has 1 aromatic heterocycles. The van der Waals surface area contributed by atoms with E-state index in [0.29, 0.717) is 23.9 Å². The average molecular weight is 389 g/mol. The summed E-state index contributed by atoms with van der Waals surface area (Å²) in [5.41, 5.74) is 0.170. The summed E-state index contributed by atoms with van der Waals surface area (Å²) in [6, 6.07) is 7.34. The molecule has 2 rings (SSSR count). The van der Waals surface area contributed by atoms with Crippen molar-refractivity contribution >= 4 is 22.7 Å². The summed E-state index contributed by atoms with van der Waals surface area (Å²) >= 11 is 0. The fourth-order valence-electron chi connectivity index (χ4n) is 2.69. The second kappa shape index (κ2) is 9.48. The summed E-state index contributed by atoms with van der Waals surface area (Å²) in [4.78, 5) is 27.2. The van der Waals surface area contributed by atoms with E-state index in [2.05, 4.69) is 10.3 Å². The lowest BCUT2D eigenvalue weighted by atomic mass is 9.93. The van der Waals surface area contributed by atoms with E-state index in [9.17, 15) is 14.9 Å². The summed E-state index contributed by atoms with van der Waals surface area (Å²) in [5.74, 6) is 0. The van der Waals surface area contributed by atoms with Crippen molar-refractivity contribution in [3.05, 3.63) is 46.1 Å². The van der Waals surface area contributed by atoms with Gasteiger partial charge < -0.3 is 10.1 Å². The molecule has 0 atom stereocenters. The van der Waals surface area contributed by atoms with Crippen LogP contribution in [0, 0.1) is 10.1 Å². The second-order valence-electron chi connectivity index (χ2n) is 7.91. The maximum atomic E-state index is 12.0. The maximum absolute atomic E-state index is 12.0. The van der Waals surface area contributed by atoms with E-state index >= 15 is 0 Å². The van der Waals surface area contributed by atoms with Crippen LogP contribution in [0.25, 0.3) is 10.9 Å². The number of hydrogen-bond acceptors (Lipinski definition) is 5. The van der Waals surface area contributed by atoms with Crippen LogP contribution < -0.4 is 5.32 Å². The molecule has 1 amide bonds. The number of hydrogen-bond donors (Lipinski definition) is 1. The molecule has 0 aliphatic rings. The molecule has 0 aliphatic heterocycles. The van der Waals surface area contributed by atoms with Crippen LogP contribution in [0.1, 0.15) is 60.5 Å². The Balaban J connectivity index is 0.00000190. The van der Waals surface area contributed by atoms with Gasteiger partial charge in [-0.2, -0.15) is 0 Å². The Bertz CT molecular complexity index is 826. The quantitative estimate of drug-likeness (QED) is 0.545. The summed E-state index contributed by atoms with van der Waals surface area (Å²) in [7, 11) is 0. The number of nitro groups is 1. The maximum Gasteiger partial charge on any atom is 0.408 e. The third kappa shape index (κ3) is 6.79. The standard InChI is InChI=1S/C19H25N3O4.C2H6/c1-18(2,3)26-17(23)21-19(4,5)11-10-14-13-8-6-7-9-15(13)20-12-16(14)22(24)25;1-2/h6-9,12H,10-11H2,1-5H3,(H,21,23);1-2H3. The molecule has 154 valence electrons. The molecule has 7 heteroatoms. The SMILES string of the molecule is CC.CC(C)(CCc1c([N+](=O)[O-])cnc2ccccc12)NC(=O)OC(C)(C)C. The van der Waals surface area contributed by atoms with Crippen LogP contribution in [0.2, 0.25) is 0 Å².